The van der Waals surface area contributed by atoms with Gasteiger partial charge in [0, 0.05) is 25.4 Å². The van der Waals surface area contributed by atoms with Crippen LogP contribution < -0.4 is 10.9 Å². The molecule has 0 unspecified atom stereocenters. The third kappa shape index (κ3) is 3.52. The largest absolute Gasteiger partial charge is 0.380 e. The Hall–Kier alpha value is -2.77. The van der Waals surface area contributed by atoms with Gasteiger partial charge in [0.05, 0.1) is 17.5 Å². The second-order valence-electron chi connectivity index (χ2n) is 5.64. The maximum absolute atomic E-state index is 12.5. The number of carbonyl (C=O) groups is 1. The first-order valence-electron chi connectivity index (χ1n) is 7.62. The molecule has 0 fully saturated rings. The van der Waals surface area contributed by atoms with Crippen LogP contribution in [-0.2, 0) is 18.4 Å². The first-order chi connectivity index (χ1) is 12.0. The number of benzene rings is 2. The van der Waals surface area contributed by atoms with Crippen molar-refractivity contribution in [2.75, 3.05) is 12.4 Å². The Labute approximate surface area is 149 Å². The number of rotatable bonds is 4. The Bertz CT molecular complexity index is 1070. The maximum Gasteiger partial charge on any atom is 0.261 e. The van der Waals surface area contributed by atoms with E-state index < -0.39 is 0 Å². The fourth-order valence-corrected chi connectivity index (χ4v) is 2.75. The molecule has 128 valence electrons. The van der Waals surface area contributed by atoms with E-state index in [4.69, 9.17) is 17.0 Å². The molecule has 1 heterocycles. The summed E-state index contributed by atoms with van der Waals surface area (Å²) in [6, 6.07) is 12.3. The molecule has 0 spiro atoms. The second kappa shape index (κ2) is 7.00. The zero-order valence-corrected chi connectivity index (χ0v) is 14.6. The first kappa shape index (κ1) is 17.1. The van der Waals surface area contributed by atoms with Gasteiger partial charge >= 0.3 is 0 Å². The smallest absolute Gasteiger partial charge is 0.261 e. The molecule has 0 saturated heterocycles. The maximum atomic E-state index is 12.5. The van der Waals surface area contributed by atoms with Gasteiger partial charge < -0.3 is 15.0 Å². The first-order valence-corrected chi connectivity index (χ1v) is 8.02. The highest BCUT2D eigenvalue weighted by Crippen LogP contribution is 2.15. The van der Waals surface area contributed by atoms with Crippen molar-refractivity contribution in [3.63, 3.8) is 0 Å². The SMILES string of the molecule is COCc1cccc(NC(=O)c2ccc3c(=O)n(C)c(=S)[nH]c3c2)c1. The minimum absolute atomic E-state index is 0.196. The number of carbonyl (C=O) groups excluding carboxylic acids is 1. The Balaban J connectivity index is 1.92. The van der Waals surface area contributed by atoms with Gasteiger partial charge in [-0.15, -0.1) is 0 Å². The highest BCUT2D eigenvalue weighted by molar-refractivity contribution is 7.71. The summed E-state index contributed by atoms with van der Waals surface area (Å²) in [4.78, 5) is 27.6. The van der Waals surface area contributed by atoms with Crippen LogP contribution in [0, 0.1) is 4.77 Å². The molecule has 1 amide bonds. The van der Waals surface area contributed by atoms with Gasteiger partial charge in [0.25, 0.3) is 11.5 Å². The molecule has 2 aromatic carbocycles. The Morgan fingerprint density at radius 1 is 1.28 bits per heavy atom. The van der Waals surface area contributed by atoms with Crippen molar-refractivity contribution in [1.82, 2.24) is 9.55 Å². The number of nitrogens with zero attached hydrogens (tertiary/aromatic N) is 1. The van der Waals surface area contributed by atoms with E-state index in [0.29, 0.717) is 33.5 Å². The number of aromatic amines is 1. The van der Waals surface area contributed by atoms with Crippen LogP contribution >= 0.6 is 12.2 Å². The van der Waals surface area contributed by atoms with Crippen molar-refractivity contribution < 1.29 is 9.53 Å². The molecule has 6 nitrogen and oxygen atoms in total. The summed E-state index contributed by atoms with van der Waals surface area (Å²) in [6.07, 6.45) is 0. The Morgan fingerprint density at radius 3 is 2.84 bits per heavy atom. The second-order valence-corrected chi connectivity index (χ2v) is 6.03. The number of nitrogens with one attached hydrogen (secondary N) is 2. The molecule has 7 heteroatoms. The van der Waals surface area contributed by atoms with Crippen molar-refractivity contribution in [2.45, 2.75) is 6.61 Å². The molecule has 0 aliphatic heterocycles. The molecule has 3 aromatic rings. The summed E-state index contributed by atoms with van der Waals surface area (Å²) in [5.41, 5.74) is 2.42. The summed E-state index contributed by atoms with van der Waals surface area (Å²) in [7, 11) is 3.22. The van der Waals surface area contributed by atoms with Crippen LogP contribution in [0.15, 0.2) is 47.3 Å². The van der Waals surface area contributed by atoms with E-state index in [9.17, 15) is 9.59 Å². The van der Waals surface area contributed by atoms with E-state index in [1.165, 1.54) is 4.57 Å². The van der Waals surface area contributed by atoms with Gasteiger partial charge in [-0.05, 0) is 48.1 Å². The van der Waals surface area contributed by atoms with Gasteiger partial charge in [0.1, 0.15) is 0 Å². The quantitative estimate of drug-likeness (QED) is 0.706. The lowest BCUT2D eigenvalue weighted by atomic mass is 10.1. The molecule has 0 aliphatic rings. The highest BCUT2D eigenvalue weighted by atomic mass is 32.1. The Morgan fingerprint density at radius 2 is 2.08 bits per heavy atom. The lowest BCUT2D eigenvalue weighted by Crippen LogP contribution is -2.19. The predicted molar refractivity (Wildman–Crippen MR) is 99.5 cm³/mol. The average molecular weight is 355 g/mol. The number of hydrogen-bond donors (Lipinski definition) is 2. The lowest BCUT2D eigenvalue weighted by Gasteiger charge is -2.08. The number of anilines is 1. The number of aromatic nitrogens is 2. The third-order valence-corrected chi connectivity index (χ3v) is 4.23. The van der Waals surface area contributed by atoms with E-state index in [2.05, 4.69) is 10.3 Å². The summed E-state index contributed by atoms with van der Waals surface area (Å²) < 4.78 is 6.76. The topological polar surface area (TPSA) is 76.1 Å². The highest BCUT2D eigenvalue weighted by Gasteiger charge is 2.10. The third-order valence-electron chi connectivity index (χ3n) is 3.86. The molecule has 0 saturated carbocycles. The summed E-state index contributed by atoms with van der Waals surface area (Å²) in [5.74, 6) is -0.267. The minimum atomic E-state index is -0.267. The van der Waals surface area contributed by atoms with Crippen LogP contribution in [0.4, 0.5) is 5.69 Å². The van der Waals surface area contributed by atoms with Gasteiger partial charge in [-0.3, -0.25) is 14.2 Å². The number of ether oxygens (including phenoxy) is 1. The number of methoxy groups -OCH3 is 1. The lowest BCUT2D eigenvalue weighted by molar-refractivity contribution is 0.102. The molecule has 1 aromatic heterocycles. The molecule has 25 heavy (non-hydrogen) atoms. The normalized spacial score (nSPS) is 10.8. The van der Waals surface area contributed by atoms with Gasteiger partial charge in [0.2, 0.25) is 0 Å². The van der Waals surface area contributed by atoms with E-state index in [0.717, 1.165) is 5.56 Å². The number of amides is 1. The van der Waals surface area contributed by atoms with Crippen LogP contribution in [-0.4, -0.2) is 22.6 Å². The minimum Gasteiger partial charge on any atom is -0.380 e. The Kier molecular flexibility index (Phi) is 4.78. The van der Waals surface area contributed by atoms with Crippen molar-refractivity contribution >= 4 is 34.7 Å². The molecule has 0 bridgehead atoms. The van der Waals surface area contributed by atoms with Crippen molar-refractivity contribution in [3.8, 4) is 0 Å². The van der Waals surface area contributed by atoms with E-state index >= 15 is 0 Å². The van der Waals surface area contributed by atoms with Crippen molar-refractivity contribution in [1.29, 1.82) is 0 Å². The fourth-order valence-electron chi connectivity index (χ4n) is 2.56. The molecule has 0 aliphatic carbocycles. The summed E-state index contributed by atoms with van der Waals surface area (Å²) in [5, 5.41) is 3.33. The van der Waals surface area contributed by atoms with Crippen LogP contribution in [0.2, 0.25) is 0 Å². The monoisotopic (exact) mass is 355 g/mol. The number of fused-ring (bicyclic) bond motifs is 1. The van der Waals surface area contributed by atoms with Crippen LogP contribution in [0.25, 0.3) is 10.9 Å². The van der Waals surface area contributed by atoms with Gasteiger partial charge in [0.15, 0.2) is 4.77 Å². The zero-order chi connectivity index (χ0) is 18.0. The summed E-state index contributed by atoms with van der Waals surface area (Å²) in [6.45, 7) is 0.472. The average Bonchev–Trinajstić information content (AvgIpc) is 2.60. The van der Waals surface area contributed by atoms with E-state index in [1.54, 1.807) is 38.4 Å². The van der Waals surface area contributed by atoms with Gasteiger partial charge in [-0.25, -0.2) is 0 Å². The fraction of sp³-hybridized carbons (Fsp3) is 0.167. The van der Waals surface area contributed by atoms with E-state index in [1.807, 2.05) is 18.2 Å². The molecule has 0 radical (unpaired) electrons. The molecule has 3 rings (SSSR count). The predicted octanol–water partition coefficient (Wildman–Crippen LogP) is 2.99. The van der Waals surface area contributed by atoms with Crippen LogP contribution in [0.1, 0.15) is 15.9 Å². The standard InChI is InChI=1S/C18H17N3O3S/c1-21-17(23)14-7-6-12(9-15(14)20-18(21)25)16(22)19-13-5-3-4-11(8-13)10-24-2/h3-9H,10H2,1-2H3,(H,19,22)(H,20,25). The van der Waals surface area contributed by atoms with Crippen LogP contribution in [0.3, 0.4) is 0 Å². The van der Waals surface area contributed by atoms with Crippen LogP contribution in [0.5, 0.6) is 0 Å². The zero-order valence-electron chi connectivity index (χ0n) is 13.8. The van der Waals surface area contributed by atoms with Crippen molar-refractivity contribution in [2.24, 2.45) is 7.05 Å². The van der Waals surface area contributed by atoms with Gasteiger partial charge in [-0.1, -0.05) is 12.1 Å². The molecule has 2 N–H and O–H groups in total. The molecule has 0 atom stereocenters. The van der Waals surface area contributed by atoms with Gasteiger partial charge in [-0.2, -0.15) is 0 Å². The molecular weight excluding hydrogens is 338 g/mol. The molecular formula is C18H17N3O3S. The number of H-pyrrole nitrogens is 1. The van der Waals surface area contributed by atoms with E-state index in [-0.39, 0.29) is 11.5 Å². The summed E-state index contributed by atoms with van der Waals surface area (Å²) >= 11 is 5.12. The van der Waals surface area contributed by atoms with Crippen molar-refractivity contribution in [3.05, 3.63) is 68.7 Å². The number of hydrogen-bond acceptors (Lipinski definition) is 4.